The van der Waals surface area contributed by atoms with Crippen molar-refractivity contribution < 1.29 is 18.7 Å². The fraction of sp³-hybridized carbons (Fsp3) is 0.409. The van der Waals surface area contributed by atoms with Crippen molar-refractivity contribution in [3.05, 3.63) is 58.6 Å². The number of hydrogen-bond acceptors (Lipinski definition) is 4. The molecule has 2 aromatic rings. The summed E-state index contributed by atoms with van der Waals surface area (Å²) in [5.41, 5.74) is 0. The number of halogens is 3. The smallest absolute Gasteiger partial charge is 0.258 e. The molecule has 0 spiro atoms. The zero-order chi connectivity index (χ0) is 21.1. The first kappa shape index (κ1) is 21.2. The highest BCUT2D eigenvalue weighted by Gasteiger charge is 2.56. The Balaban J connectivity index is 1.12. The van der Waals surface area contributed by atoms with E-state index in [0.29, 0.717) is 39.9 Å². The minimum atomic E-state index is -1.07. The van der Waals surface area contributed by atoms with E-state index in [-0.39, 0.29) is 25.2 Å². The van der Waals surface area contributed by atoms with Crippen LogP contribution in [0.3, 0.4) is 0 Å². The number of carbonyl (C=O) groups is 1. The van der Waals surface area contributed by atoms with Crippen LogP contribution in [0.5, 0.6) is 11.5 Å². The number of carbonyl (C=O) groups excluding carboxylic acids is 1. The van der Waals surface area contributed by atoms with Gasteiger partial charge in [0.2, 0.25) is 0 Å². The summed E-state index contributed by atoms with van der Waals surface area (Å²) in [6.07, 6.45) is -1.07. The zero-order valence-corrected chi connectivity index (χ0v) is 17.8. The summed E-state index contributed by atoms with van der Waals surface area (Å²) >= 11 is 11.7. The van der Waals surface area contributed by atoms with Gasteiger partial charge >= 0.3 is 0 Å². The van der Waals surface area contributed by atoms with Gasteiger partial charge in [-0.25, -0.2) is 4.39 Å². The summed E-state index contributed by atoms with van der Waals surface area (Å²) in [6, 6.07) is 13.9. The highest BCUT2D eigenvalue weighted by Crippen LogP contribution is 2.45. The molecular formula is C22H23Cl2FN2O3. The van der Waals surface area contributed by atoms with Gasteiger partial charge in [-0.2, -0.15) is 0 Å². The lowest BCUT2D eigenvalue weighted by Gasteiger charge is -2.22. The van der Waals surface area contributed by atoms with Crippen molar-refractivity contribution in [1.29, 1.82) is 0 Å². The lowest BCUT2D eigenvalue weighted by Crippen LogP contribution is -2.39. The summed E-state index contributed by atoms with van der Waals surface area (Å²) < 4.78 is 25.2. The molecule has 5 nitrogen and oxygen atoms in total. The second-order valence-electron chi connectivity index (χ2n) is 7.74. The molecule has 30 heavy (non-hydrogen) atoms. The van der Waals surface area contributed by atoms with E-state index >= 15 is 0 Å². The molecule has 3 unspecified atom stereocenters. The Hall–Kier alpha value is -2.02. The molecule has 0 aromatic heterocycles. The van der Waals surface area contributed by atoms with Gasteiger partial charge in [0.05, 0.1) is 0 Å². The number of alkyl halides is 1. The summed E-state index contributed by atoms with van der Waals surface area (Å²) in [6.45, 7) is 1.89. The van der Waals surface area contributed by atoms with Crippen LogP contribution in [0.15, 0.2) is 48.5 Å². The van der Waals surface area contributed by atoms with Gasteiger partial charge in [-0.1, -0.05) is 23.2 Å². The molecule has 1 heterocycles. The average molecular weight is 453 g/mol. The molecule has 2 fully saturated rings. The molecule has 8 heteroatoms. The highest BCUT2D eigenvalue weighted by atomic mass is 35.5. The number of fused-ring (bicyclic) bond motifs is 1. The van der Waals surface area contributed by atoms with Crippen LogP contribution in [-0.2, 0) is 4.79 Å². The predicted octanol–water partition coefficient (Wildman–Crippen LogP) is 3.84. The van der Waals surface area contributed by atoms with E-state index in [9.17, 15) is 9.18 Å². The summed E-state index contributed by atoms with van der Waals surface area (Å²) in [5, 5.41) is 4.26. The SMILES string of the molecule is O=C(COc1ccc(Cl)cc1)NC1C2CN(CC(F)COc3ccc(Cl)cc3)CC21. The lowest BCUT2D eigenvalue weighted by molar-refractivity contribution is -0.123. The molecular weight excluding hydrogens is 430 g/mol. The Kier molecular flexibility index (Phi) is 6.66. The fourth-order valence-electron chi connectivity index (χ4n) is 3.93. The van der Waals surface area contributed by atoms with Crippen molar-refractivity contribution in [2.45, 2.75) is 12.2 Å². The maximum Gasteiger partial charge on any atom is 0.258 e. The Morgan fingerprint density at radius 1 is 1.00 bits per heavy atom. The second-order valence-corrected chi connectivity index (χ2v) is 8.62. The molecule has 1 amide bonds. The van der Waals surface area contributed by atoms with Gasteiger partial charge in [0.15, 0.2) is 6.61 Å². The van der Waals surface area contributed by atoms with Crippen molar-refractivity contribution in [3.63, 3.8) is 0 Å². The first-order valence-corrected chi connectivity index (χ1v) is 10.7. The minimum absolute atomic E-state index is 0.00959. The number of ether oxygens (including phenoxy) is 2. The van der Waals surface area contributed by atoms with E-state index in [2.05, 4.69) is 10.2 Å². The number of hydrogen-bond donors (Lipinski definition) is 1. The van der Waals surface area contributed by atoms with E-state index in [4.69, 9.17) is 32.7 Å². The Morgan fingerprint density at radius 3 is 2.10 bits per heavy atom. The van der Waals surface area contributed by atoms with Crippen LogP contribution < -0.4 is 14.8 Å². The van der Waals surface area contributed by atoms with Crippen LogP contribution in [0.4, 0.5) is 4.39 Å². The monoisotopic (exact) mass is 452 g/mol. The molecule has 1 aliphatic heterocycles. The maximum absolute atomic E-state index is 14.3. The van der Waals surface area contributed by atoms with Crippen LogP contribution in [0.2, 0.25) is 10.0 Å². The van der Waals surface area contributed by atoms with Gasteiger partial charge in [-0.05, 0) is 60.4 Å². The van der Waals surface area contributed by atoms with Gasteiger partial charge in [0.1, 0.15) is 24.3 Å². The van der Waals surface area contributed by atoms with Crippen LogP contribution in [0.1, 0.15) is 0 Å². The molecule has 1 saturated carbocycles. The number of amides is 1. The third-order valence-corrected chi connectivity index (χ3v) is 5.99. The zero-order valence-electron chi connectivity index (χ0n) is 16.3. The normalized spacial score (nSPS) is 23.5. The van der Waals surface area contributed by atoms with Crippen molar-refractivity contribution >= 4 is 29.1 Å². The molecule has 0 bridgehead atoms. The number of nitrogens with one attached hydrogen (secondary N) is 1. The first-order valence-electron chi connectivity index (χ1n) is 9.90. The van der Waals surface area contributed by atoms with Gasteiger partial charge in [-0.3, -0.25) is 9.69 Å². The molecule has 2 aliphatic rings. The highest BCUT2D eigenvalue weighted by molar-refractivity contribution is 6.30. The standard InChI is InChI=1S/C22H23Cl2FN2O3/c23-14-1-5-17(6-2-14)29-12-16(25)9-27-10-19-20(11-27)22(19)26-21(28)13-30-18-7-3-15(24)4-8-18/h1-8,16,19-20,22H,9-13H2,(H,26,28). The predicted molar refractivity (Wildman–Crippen MR) is 114 cm³/mol. The molecule has 1 N–H and O–H groups in total. The molecule has 2 aromatic carbocycles. The van der Waals surface area contributed by atoms with Crippen LogP contribution in [0, 0.1) is 11.8 Å². The molecule has 4 rings (SSSR count). The molecule has 1 saturated heterocycles. The van der Waals surface area contributed by atoms with Crippen LogP contribution in [-0.4, -0.2) is 55.9 Å². The van der Waals surface area contributed by atoms with Crippen molar-refractivity contribution in [1.82, 2.24) is 10.2 Å². The number of nitrogens with zero attached hydrogens (tertiary/aromatic N) is 1. The van der Waals surface area contributed by atoms with Crippen molar-refractivity contribution in [3.8, 4) is 11.5 Å². The molecule has 3 atom stereocenters. The fourth-order valence-corrected chi connectivity index (χ4v) is 4.19. The van der Waals surface area contributed by atoms with Crippen LogP contribution >= 0.6 is 23.2 Å². The largest absolute Gasteiger partial charge is 0.491 e. The summed E-state index contributed by atoms with van der Waals surface area (Å²) in [7, 11) is 0. The quantitative estimate of drug-likeness (QED) is 0.627. The Bertz CT molecular complexity index is 854. The van der Waals surface area contributed by atoms with Gasteiger partial charge in [-0.15, -0.1) is 0 Å². The molecule has 1 aliphatic carbocycles. The van der Waals surface area contributed by atoms with Crippen LogP contribution in [0.25, 0.3) is 0 Å². The third-order valence-electron chi connectivity index (χ3n) is 5.48. The summed E-state index contributed by atoms with van der Waals surface area (Å²) in [4.78, 5) is 14.2. The van der Waals surface area contributed by atoms with Crippen molar-refractivity contribution in [2.75, 3.05) is 32.8 Å². The third kappa shape index (κ3) is 5.56. The lowest BCUT2D eigenvalue weighted by atomic mass is 10.3. The molecule has 0 radical (unpaired) electrons. The first-order chi connectivity index (χ1) is 14.5. The maximum atomic E-state index is 14.3. The van der Waals surface area contributed by atoms with Gasteiger partial charge in [0.25, 0.3) is 5.91 Å². The van der Waals surface area contributed by atoms with Crippen molar-refractivity contribution in [2.24, 2.45) is 11.8 Å². The second kappa shape index (κ2) is 9.41. The Morgan fingerprint density at radius 2 is 1.53 bits per heavy atom. The number of rotatable bonds is 9. The number of likely N-dealkylation sites (tertiary alicyclic amines) is 1. The molecule has 160 valence electrons. The summed E-state index contributed by atoms with van der Waals surface area (Å²) in [5.74, 6) is 1.83. The van der Waals surface area contributed by atoms with E-state index in [1.165, 1.54) is 0 Å². The average Bonchev–Trinajstić information content (AvgIpc) is 3.16. The van der Waals surface area contributed by atoms with Gasteiger partial charge in [0, 0.05) is 35.7 Å². The number of piperidine rings is 1. The van der Waals surface area contributed by atoms with E-state index in [1.54, 1.807) is 48.5 Å². The topological polar surface area (TPSA) is 50.8 Å². The number of benzene rings is 2. The van der Waals surface area contributed by atoms with E-state index < -0.39 is 6.17 Å². The van der Waals surface area contributed by atoms with Gasteiger partial charge < -0.3 is 14.8 Å². The minimum Gasteiger partial charge on any atom is -0.491 e. The van der Waals surface area contributed by atoms with E-state index in [1.807, 2.05) is 0 Å². The Labute approximate surface area is 185 Å². The van der Waals surface area contributed by atoms with E-state index in [0.717, 1.165) is 13.1 Å².